The molecule has 1 N–H and O–H groups in total. The molecule has 0 aliphatic heterocycles. The third kappa shape index (κ3) is 5.28. The van der Waals surface area contributed by atoms with E-state index in [2.05, 4.69) is 38.2 Å². The topological polar surface area (TPSA) is 47.3 Å². The Labute approximate surface area is 97.3 Å². The van der Waals surface area contributed by atoms with Crippen LogP contribution in [0.25, 0.3) is 0 Å². The second-order valence-corrected chi connectivity index (χ2v) is 4.73. The minimum absolute atomic E-state index is 0.456. The summed E-state index contributed by atoms with van der Waals surface area (Å²) in [6.07, 6.45) is 0. The number of ether oxygens (including phenoxy) is 1. The molecule has 0 saturated carbocycles. The SMILES string of the molecule is CC(C)COCc1cc(CNC(C)C)no1. The number of hydrogen-bond donors (Lipinski definition) is 1. The van der Waals surface area contributed by atoms with Gasteiger partial charge in [-0.1, -0.05) is 32.9 Å². The van der Waals surface area contributed by atoms with Crippen molar-refractivity contribution in [3.63, 3.8) is 0 Å². The number of rotatable bonds is 7. The van der Waals surface area contributed by atoms with Crippen molar-refractivity contribution in [1.29, 1.82) is 0 Å². The highest BCUT2D eigenvalue weighted by molar-refractivity contribution is 5.04. The Bertz CT molecular complexity index is 295. The van der Waals surface area contributed by atoms with Crippen molar-refractivity contribution in [2.75, 3.05) is 6.61 Å². The van der Waals surface area contributed by atoms with Gasteiger partial charge >= 0.3 is 0 Å². The van der Waals surface area contributed by atoms with Gasteiger partial charge in [0.05, 0.1) is 5.69 Å². The lowest BCUT2D eigenvalue weighted by Gasteiger charge is -2.04. The molecule has 0 atom stereocenters. The second-order valence-electron chi connectivity index (χ2n) is 4.73. The standard InChI is InChI=1S/C12H22N2O2/c1-9(2)7-15-8-12-5-11(14-16-12)6-13-10(3)4/h5,9-10,13H,6-8H2,1-4H3. The molecule has 1 aromatic rings. The molecule has 16 heavy (non-hydrogen) atoms. The molecule has 0 aliphatic carbocycles. The van der Waals surface area contributed by atoms with E-state index in [1.165, 1.54) is 0 Å². The summed E-state index contributed by atoms with van der Waals surface area (Å²) in [4.78, 5) is 0. The van der Waals surface area contributed by atoms with E-state index in [4.69, 9.17) is 9.26 Å². The van der Waals surface area contributed by atoms with Crippen LogP contribution in [0.3, 0.4) is 0 Å². The minimum Gasteiger partial charge on any atom is -0.373 e. The number of nitrogens with one attached hydrogen (secondary N) is 1. The van der Waals surface area contributed by atoms with Crippen molar-refractivity contribution in [3.8, 4) is 0 Å². The van der Waals surface area contributed by atoms with Crippen LogP contribution in [0.1, 0.15) is 39.1 Å². The maximum atomic E-state index is 5.47. The fraction of sp³-hybridized carbons (Fsp3) is 0.750. The van der Waals surface area contributed by atoms with Crippen molar-refractivity contribution in [2.24, 2.45) is 5.92 Å². The first-order valence-electron chi connectivity index (χ1n) is 5.83. The summed E-state index contributed by atoms with van der Waals surface area (Å²) in [5.74, 6) is 1.34. The average Bonchev–Trinajstić information content (AvgIpc) is 2.62. The molecular weight excluding hydrogens is 204 g/mol. The van der Waals surface area contributed by atoms with Gasteiger partial charge in [0.25, 0.3) is 0 Å². The monoisotopic (exact) mass is 226 g/mol. The Morgan fingerprint density at radius 2 is 2.12 bits per heavy atom. The summed E-state index contributed by atoms with van der Waals surface area (Å²) in [7, 11) is 0. The molecule has 4 nitrogen and oxygen atoms in total. The molecule has 0 aromatic carbocycles. The Morgan fingerprint density at radius 1 is 1.38 bits per heavy atom. The quantitative estimate of drug-likeness (QED) is 0.775. The van der Waals surface area contributed by atoms with Crippen molar-refractivity contribution >= 4 is 0 Å². The third-order valence-corrected chi connectivity index (χ3v) is 1.99. The van der Waals surface area contributed by atoms with Crippen LogP contribution in [0.2, 0.25) is 0 Å². The van der Waals surface area contributed by atoms with Gasteiger partial charge in [0, 0.05) is 25.3 Å². The predicted octanol–water partition coefficient (Wildman–Crippen LogP) is 2.35. The Balaban J connectivity index is 2.28. The van der Waals surface area contributed by atoms with Crippen LogP contribution < -0.4 is 5.32 Å². The van der Waals surface area contributed by atoms with Crippen LogP contribution in [0, 0.1) is 5.92 Å². The van der Waals surface area contributed by atoms with E-state index < -0.39 is 0 Å². The van der Waals surface area contributed by atoms with Crippen molar-refractivity contribution in [2.45, 2.75) is 46.9 Å². The summed E-state index contributed by atoms with van der Waals surface area (Å²) in [5, 5.41) is 7.25. The van der Waals surface area contributed by atoms with E-state index in [1.54, 1.807) is 0 Å². The lowest BCUT2D eigenvalue weighted by Crippen LogP contribution is -2.21. The smallest absolute Gasteiger partial charge is 0.162 e. The van der Waals surface area contributed by atoms with Crippen molar-refractivity contribution in [3.05, 3.63) is 17.5 Å². The van der Waals surface area contributed by atoms with Crippen LogP contribution in [0.4, 0.5) is 0 Å². The maximum absolute atomic E-state index is 5.47. The van der Waals surface area contributed by atoms with Gasteiger partial charge < -0.3 is 14.6 Å². The molecule has 0 aliphatic rings. The predicted molar refractivity (Wildman–Crippen MR) is 63.0 cm³/mol. The Morgan fingerprint density at radius 3 is 2.75 bits per heavy atom. The maximum Gasteiger partial charge on any atom is 0.162 e. The highest BCUT2D eigenvalue weighted by Crippen LogP contribution is 2.06. The summed E-state index contributed by atoms with van der Waals surface area (Å²) in [6, 6.07) is 2.40. The molecule has 92 valence electrons. The van der Waals surface area contributed by atoms with E-state index in [1.807, 2.05) is 6.07 Å². The first-order valence-corrected chi connectivity index (χ1v) is 5.83. The number of nitrogens with zero attached hydrogens (tertiary/aromatic N) is 1. The minimum atomic E-state index is 0.456. The molecule has 0 radical (unpaired) electrons. The van der Waals surface area contributed by atoms with Crippen molar-refractivity contribution < 1.29 is 9.26 Å². The lowest BCUT2D eigenvalue weighted by molar-refractivity contribution is 0.0805. The summed E-state index contributed by atoms with van der Waals surface area (Å²) < 4.78 is 10.6. The third-order valence-electron chi connectivity index (χ3n) is 1.99. The Hall–Kier alpha value is -0.870. The van der Waals surface area contributed by atoms with E-state index in [9.17, 15) is 0 Å². The van der Waals surface area contributed by atoms with Gasteiger partial charge in [-0.25, -0.2) is 0 Å². The summed E-state index contributed by atoms with van der Waals surface area (Å²) >= 11 is 0. The van der Waals surface area contributed by atoms with Crippen LogP contribution in [-0.2, 0) is 17.9 Å². The molecule has 1 heterocycles. The highest BCUT2D eigenvalue weighted by atomic mass is 16.5. The van der Waals surface area contributed by atoms with Crippen LogP contribution >= 0.6 is 0 Å². The largest absolute Gasteiger partial charge is 0.373 e. The Kier molecular flexibility index (Phi) is 5.49. The number of hydrogen-bond acceptors (Lipinski definition) is 4. The van der Waals surface area contributed by atoms with Gasteiger partial charge in [0.2, 0.25) is 0 Å². The van der Waals surface area contributed by atoms with Crippen molar-refractivity contribution in [1.82, 2.24) is 10.5 Å². The lowest BCUT2D eigenvalue weighted by atomic mass is 10.2. The molecule has 0 bridgehead atoms. The summed E-state index contributed by atoms with van der Waals surface area (Å²) in [5.41, 5.74) is 0.928. The molecule has 0 spiro atoms. The van der Waals surface area contributed by atoms with E-state index in [0.29, 0.717) is 18.6 Å². The van der Waals surface area contributed by atoms with Crippen LogP contribution in [-0.4, -0.2) is 17.8 Å². The average molecular weight is 226 g/mol. The first kappa shape index (κ1) is 13.2. The summed E-state index contributed by atoms with van der Waals surface area (Å²) in [6.45, 7) is 10.5. The van der Waals surface area contributed by atoms with Crippen LogP contribution in [0.5, 0.6) is 0 Å². The first-order chi connectivity index (χ1) is 7.58. The van der Waals surface area contributed by atoms with Gasteiger partial charge in [0.1, 0.15) is 6.61 Å². The fourth-order valence-electron chi connectivity index (χ4n) is 1.21. The zero-order valence-electron chi connectivity index (χ0n) is 10.6. The molecule has 1 aromatic heterocycles. The van der Waals surface area contributed by atoms with Gasteiger partial charge in [-0.05, 0) is 5.92 Å². The van der Waals surface area contributed by atoms with Gasteiger partial charge in [-0.2, -0.15) is 0 Å². The van der Waals surface area contributed by atoms with Gasteiger partial charge in [-0.3, -0.25) is 0 Å². The molecule has 0 amide bonds. The number of aromatic nitrogens is 1. The van der Waals surface area contributed by atoms with Gasteiger partial charge in [-0.15, -0.1) is 0 Å². The van der Waals surface area contributed by atoms with E-state index >= 15 is 0 Å². The zero-order valence-corrected chi connectivity index (χ0v) is 10.6. The fourth-order valence-corrected chi connectivity index (χ4v) is 1.21. The zero-order chi connectivity index (χ0) is 12.0. The van der Waals surface area contributed by atoms with E-state index in [-0.39, 0.29) is 0 Å². The second kappa shape index (κ2) is 6.66. The molecular formula is C12H22N2O2. The molecule has 0 unspecified atom stereocenters. The normalized spacial score (nSPS) is 11.6. The molecule has 0 saturated heterocycles. The molecule has 1 rings (SSSR count). The molecule has 0 fully saturated rings. The van der Waals surface area contributed by atoms with Gasteiger partial charge in [0.15, 0.2) is 5.76 Å². The molecule has 4 heteroatoms. The van der Waals surface area contributed by atoms with Crippen LogP contribution in [0.15, 0.2) is 10.6 Å². The highest BCUT2D eigenvalue weighted by Gasteiger charge is 2.05. The van der Waals surface area contributed by atoms with E-state index in [0.717, 1.165) is 24.6 Å².